The highest BCUT2D eigenvalue weighted by Gasteiger charge is 2.12. The lowest BCUT2D eigenvalue weighted by Crippen LogP contribution is -2.42. The fourth-order valence-electron chi connectivity index (χ4n) is 2.53. The second kappa shape index (κ2) is 7.40. The molecule has 128 valence electrons. The number of nitrogens with one attached hydrogen (secondary N) is 2. The molecule has 25 heavy (non-hydrogen) atoms. The van der Waals surface area contributed by atoms with Crippen molar-refractivity contribution in [3.63, 3.8) is 0 Å². The maximum Gasteiger partial charge on any atom is 0.269 e. The van der Waals surface area contributed by atoms with Crippen LogP contribution in [0.2, 0.25) is 5.02 Å². The summed E-state index contributed by atoms with van der Waals surface area (Å²) in [5.74, 6) is -0.763. The average Bonchev–Trinajstić information content (AvgIpc) is 3.01. The number of hydrogen-bond acceptors (Lipinski definition) is 3. The van der Waals surface area contributed by atoms with Crippen LogP contribution in [0.4, 0.5) is 0 Å². The first kappa shape index (κ1) is 17.0. The number of carbonyl (C=O) groups excluding carboxylic acids is 2. The van der Waals surface area contributed by atoms with Gasteiger partial charge in [0.05, 0.1) is 12.7 Å². The number of hydrazine groups is 1. The van der Waals surface area contributed by atoms with E-state index in [2.05, 4.69) is 17.8 Å². The van der Waals surface area contributed by atoms with Crippen LogP contribution in [0.3, 0.4) is 0 Å². The molecule has 2 amide bonds. The zero-order valence-electron chi connectivity index (χ0n) is 13.6. The van der Waals surface area contributed by atoms with Gasteiger partial charge in [-0.2, -0.15) is 0 Å². The molecule has 0 saturated carbocycles. The summed E-state index contributed by atoms with van der Waals surface area (Å²) >= 11 is 5.85. The average molecular weight is 357 g/mol. The minimum atomic E-state index is -0.429. The summed E-state index contributed by atoms with van der Waals surface area (Å²) < 4.78 is 5.48. The van der Waals surface area contributed by atoms with Gasteiger partial charge in [-0.25, -0.2) is 0 Å². The Morgan fingerprint density at radius 1 is 1.12 bits per heavy atom. The Labute approximate surface area is 149 Å². The third-order valence-corrected chi connectivity index (χ3v) is 4.11. The van der Waals surface area contributed by atoms with Crippen molar-refractivity contribution in [1.82, 2.24) is 10.9 Å². The quantitative estimate of drug-likeness (QED) is 0.701. The molecule has 0 aliphatic heterocycles. The number of aryl methyl sites for hydroxylation is 1. The van der Waals surface area contributed by atoms with E-state index in [-0.39, 0.29) is 12.3 Å². The fraction of sp³-hybridized carbons (Fsp3) is 0.158. The maximum atomic E-state index is 12.1. The zero-order chi connectivity index (χ0) is 17.8. The van der Waals surface area contributed by atoms with Crippen LogP contribution in [-0.4, -0.2) is 11.8 Å². The van der Waals surface area contributed by atoms with Crippen LogP contribution in [0, 0.1) is 0 Å². The Morgan fingerprint density at radius 3 is 2.72 bits per heavy atom. The molecule has 0 aliphatic carbocycles. The first-order valence-corrected chi connectivity index (χ1v) is 8.28. The number of benzene rings is 2. The van der Waals surface area contributed by atoms with Crippen LogP contribution in [0.1, 0.15) is 28.4 Å². The minimum Gasteiger partial charge on any atom is -0.464 e. The molecular weight excluding hydrogens is 340 g/mol. The number of fused-ring (bicyclic) bond motifs is 1. The van der Waals surface area contributed by atoms with E-state index in [0.29, 0.717) is 10.6 Å². The summed E-state index contributed by atoms with van der Waals surface area (Å²) in [6.45, 7) is 2.07. The summed E-state index contributed by atoms with van der Waals surface area (Å²) in [6.07, 6.45) is 2.58. The monoisotopic (exact) mass is 356 g/mol. The third-order valence-electron chi connectivity index (χ3n) is 3.88. The van der Waals surface area contributed by atoms with E-state index < -0.39 is 5.91 Å². The molecule has 6 heteroatoms. The summed E-state index contributed by atoms with van der Waals surface area (Å²) in [5, 5.41) is 1.37. The van der Waals surface area contributed by atoms with Gasteiger partial charge in [0.15, 0.2) is 0 Å². The third kappa shape index (κ3) is 4.00. The molecule has 3 aromatic rings. The normalized spacial score (nSPS) is 10.6. The number of amides is 2. The molecule has 1 heterocycles. The van der Waals surface area contributed by atoms with Crippen LogP contribution in [0.15, 0.2) is 53.1 Å². The van der Waals surface area contributed by atoms with E-state index in [1.54, 1.807) is 24.5 Å². The van der Waals surface area contributed by atoms with Crippen molar-refractivity contribution >= 4 is 34.4 Å². The summed E-state index contributed by atoms with van der Waals surface area (Å²) in [5.41, 5.74) is 7.85. The summed E-state index contributed by atoms with van der Waals surface area (Å²) in [7, 11) is 0. The van der Waals surface area contributed by atoms with E-state index >= 15 is 0 Å². The number of hydrogen-bond donors (Lipinski definition) is 2. The van der Waals surface area contributed by atoms with Crippen molar-refractivity contribution < 1.29 is 14.0 Å². The van der Waals surface area contributed by atoms with Crippen LogP contribution in [0.5, 0.6) is 0 Å². The molecule has 0 spiro atoms. The van der Waals surface area contributed by atoms with Crippen molar-refractivity contribution in [2.24, 2.45) is 0 Å². The lowest BCUT2D eigenvalue weighted by Gasteiger charge is -2.07. The molecular formula is C19H17ClN2O3. The topological polar surface area (TPSA) is 71.3 Å². The van der Waals surface area contributed by atoms with Gasteiger partial charge in [-0.05, 0) is 42.3 Å². The molecule has 5 nitrogen and oxygen atoms in total. The second-order valence-corrected chi connectivity index (χ2v) is 6.07. The summed E-state index contributed by atoms with van der Waals surface area (Å²) in [6, 6.07) is 12.4. The van der Waals surface area contributed by atoms with Gasteiger partial charge in [-0.1, -0.05) is 30.7 Å². The van der Waals surface area contributed by atoms with E-state index in [1.807, 2.05) is 18.2 Å². The highest BCUT2D eigenvalue weighted by atomic mass is 35.5. The Balaban J connectivity index is 1.64. The van der Waals surface area contributed by atoms with Crippen molar-refractivity contribution in [2.75, 3.05) is 0 Å². The highest BCUT2D eigenvalue weighted by Crippen LogP contribution is 2.23. The molecule has 0 bridgehead atoms. The predicted octanol–water partition coefficient (Wildman–Crippen LogP) is 3.65. The van der Waals surface area contributed by atoms with Gasteiger partial charge in [0.2, 0.25) is 5.91 Å². The smallest absolute Gasteiger partial charge is 0.269 e. The molecule has 1 aromatic heterocycles. The Bertz CT molecular complexity index is 933. The van der Waals surface area contributed by atoms with Crippen molar-refractivity contribution in [3.8, 4) is 0 Å². The number of halogens is 1. The molecule has 0 unspecified atom stereocenters. The lowest BCUT2D eigenvalue weighted by atomic mass is 10.1. The van der Waals surface area contributed by atoms with Gasteiger partial charge in [-0.15, -0.1) is 0 Å². The predicted molar refractivity (Wildman–Crippen MR) is 96.4 cm³/mol. The molecule has 0 radical (unpaired) electrons. The minimum absolute atomic E-state index is 0.107. The fourth-order valence-corrected chi connectivity index (χ4v) is 2.72. The van der Waals surface area contributed by atoms with Crippen LogP contribution in [0.25, 0.3) is 11.0 Å². The number of rotatable bonds is 4. The Morgan fingerprint density at radius 2 is 1.96 bits per heavy atom. The van der Waals surface area contributed by atoms with Gasteiger partial charge in [0.25, 0.3) is 5.91 Å². The maximum absolute atomic E-state index is 12.1. The van der Waals surface area contributed by atoms with Gasteiger partial charge in [0.1, 0.15) is 5.58 Å². The molecule has 2 aromatic carbocycles. The van der Waals surface area contributed by atoms with Crippen LogP contribution in [-0.2, 0) is 17.6 Å². The highest BCUT2D eigenvalue weighted by molar-refractivity contribution is 6.30. The second-order valence-electron chi connectivity index (χ2n) is 5.63. The SMILES string of the molecule is CCc1ccc2occ(CC(=O)NNC(=O)c3cccc(Cl)c3)c2c1. The molecule has 0 atom stereocenters. The first-order valence-electron chi connectivity index (χ1n) is 7.90. The molecule has 3 rings (SSSR count). The van der Waals surface area contributed by atoms with Crippen molar-refractivity contribution in [2.45, 2.75) is 19.8 Å². The lowest BCUT2D eigenvalue weighted by molar-refractivity contribution is -0.121. The molecule has 0 aliphatic rings. The van der Waals surface area contributed by atoms with E-state index in [4.69, 9.17) is 16.0 Å². The van der Waals surface area contributed by atoms with Crippen molar-refractivity contribution in [3.05, 3.63) is 70.4 Å². The number of furan rings is 1. The standard InChI is InChI=1S/C19H17ClN2O3/c1-2-12-6-7-17-16(8-12)14(11-25-17)10-18(23)21-22-19(24)13-4-3-5-15(20)9-13/h3-9,11H,2,10H2,1H3,(H,21,23)(H,22,24). The van der Waals surface area contributed by atoms with Gasteiger partial charge in [0, 0.05) is 21.5 Å². The van der Waals surface area contributed by atoms with Crippen LogP contribution >= 0.6 is 11.6 Å². The summed E-state index contributed by atoms with van der Waals surface area (Å²) in [4.78, 5) is 24.1. The van der Waals surface area contributed by atoms with Gasteiger partial charge in [-0.3, -0.25) is 20.4 Å². The zero-order valence-corrected chi connectivity index (χ0v) is 14.4. The van der Waals surface area contributed by atoms with Gasteiger partial charge >= 0.3 is 0 Å². The van der Waals surface area contributed by atoms with E-state index in [0.717, 1.165) is 23.0 Å². The molecule has 0 saturated heterocycles. The van der Waals surface area contributed by atoms with Crippen molar-refractivity contribution in [1.29, 1.82) is 0 Å². The largest absolute Gasteiger partial charge is 0.464 e. The molecule has 2 N–H and O–H groups in total. The molecule has 0 fully saturated rings. The Hall–Kier alpha value is -2.79. The Kier molecular flexibility index (Phi) is 5.05. The van der Waals surface area contributed by atoms with E-state index in [1.165, 1.54) is 11.6 Å². The van der Waals surface area contributed by atoms with Gasteiger partial charge < -0.3 is 4.42 Å². The van der Waals surface area contributed by atoms with E-state index in [9.17, 15) is 9.59 Å². The first-order chi connectivity index (χ1) is 12.1. The van der Waals surface area contributed by atoms with Crippen LogP contribution < -0.4 is 10.9 Å². The number of carbonyl (C=O) groups is 2.